The highest BCUT2D eigenvalue weighted by Gasteiger charge is 2.52. The van der Waals surface area contributed by atoms with Crippen LogP contribution in [0.5, 0.6) is 0 Å². The largest absolute Gasteiger partial charge is 0.368 e. The number of carbonyl (C=O) groups is 1. The van der Waals surface area contributed by atoms with Gasteiger partial charge in [-0.15, -0.1) is 0 Å². The minimum atomic E-state index is -0.453. The van der Waals surface area contributed by atoms with E-state index < -0.39 is 6.04 Å². The summed E-state index contributed by atoms with van der Waals surface area (Å²) in [4.78, 5) is 11.8. The molecule has 2 aliphatic rings. The van der Waals surface area contributed by atoms with Crippen LogP contribution >= 0.6 is 0 Å². The van der Waals surface area contributed by atoms with Gasteiger partial charge in [-0.25, -0.2) is 0 Å². The summed E-state index contributed by atoms with van der Waals surface area (Å²) < 4.78 is 0. The molecular weight excluding hydrogens is 250 g/mol. The fourth-order valence-electron chi connectivity index (χ4n) is 3.12. The summed E-state index contributed by atoms with van der Waals surface area (Å²) in [7, 11) is 0. The molecule has 1 aromatic carbocycles. The van der Waals surface area contributed by atoms with E-state index in [0.717, 1.165) is 18.4 Å². The van der Waals surface area contributed by atoms with Gasteiger partial charge in [-0.3, -0.25) is 10.1 Å². The Bertz CT molecular complexity index is 550. The van der Waals surface area contributed by atoms with Crippen molar-refractivity contribution < 1.29 is 4.79 Å². The molecule has 0 aromatic heterocycles. The Hall–Kier alpha value is -1.86. The highest BCUT2D eigenvalue weighted by molar-refractivity contribution is 5.81. The van der Waals surface area contributed by atoms with E-state index in [1.807, 2.05) is 12.1 Å². The molecule has 0 radical (unpaired) electrons. The van der Waals surface area contributed by atoms with E-state index in [-0.39, 0.29) is 11.4 Å². The monoisotopic (exact) mass is 269 g/mol. The van der Waals surface area contributed by atoms with Crippen LogP contribution in [0.4, 0.5) is 0 Å². The second-order valence-electron chi connectivity index (χ2n) is 6.00. The number of carbonyl (C=O) groups excluding carboxylic acids is 1. The molecule has 1 aromatic rings. The molecule has 3 rings (SSSR count). The van der Waals surface area contributed by atoms with Gasteiger partial charge in [0.2, 0.25) is 5.91 Å². The van der Waals surface area contributed by atoms with Gasteiger partial charge in [-0.1, -0.05) is 18.6 Å². The summed E-state index contributed by atoms with van der Waals surface area (Å²) in [6, 6.07) is 8.73. The standard InChI is InChI=1S/C16H19N3O/c17-10-11-4-6-12(7-5-11)14(15(18)20)19-16(8-9-16)13-2-1-3-13/h4-7,13-14,19H,1-3,8-9H2,(H2,18,20). The Morgan fingerprint density at radius 1 is 1.35 bits per heavy atom. The van der Waals surface area contributed by atoms with Gasteiger partial charge in [0.1, 0.15) is 6.04 Å². The summed E-state index contributed by atoms with van der Waals surface area (Å²) in [6.07, 6.45) is 6.08. The third kappa shape index (κ3) is 2.30. The van der Waals surface area contributed by atoms with Crippen molar-refractivity contribution in [2.45, 2.75) is 43.7 Å². The second-order valence-corrected chi connectivity index (χ2v) is 6.00. The van der Waals surface area contributed by atoms with E-state index in [2.05, 4.69) is 11.4 Å². The van der Waals surface area contributed by atoms with E-state index in [1.54, 1.807) is 12.1 Å². The van der Waals surface area contributed by atoms with Gasteiger partial charge in [0.25, 0.3) is 0 Å². The maximum atomic E-state index is 11.8. The van der Waals surface area contributed by atoms with E-state index in [9.17, 15) is 4.79 Å². The number of nitriles is 1. The fourth-order valence-corrected chi connectivity index (χ4v) is 3.12. The fraction of sp³-hybridized carbons (Fsp3) is 0.500. The van der Waals surface area contributed by atoms with Crippen LogP contribution in [0.1, 0.15) is 49.3 Å². The third-order valence-corrected chi connectivity index (χ3v) is 4.76. The maximum Gasteiger partial charge on any atom is 0.239 e. The van der Waals surface area contributed by atoms with Crippen LogP contribution in [-0.2, 0) is 4.79 Å². The molecule has 0 aliphatic heterocycles. The highest BCUT2D eigenvalue weighted by atomic mass is 16.1. The molecule has 0 saturated heterocycles. The molecule has 0 bridgehead atoms. The van der Waals surface area contributed by atoms with Crippen LogP contribution in [0.15, 0.2) is 24.3 Å². The first-order chi connectivity index (χ1) is 9.64. The van der Waals surface area contributed by atoms with Gasteiger partial charge >= 0.3 is 0 Å². The summed E-state index contributed by atoms with van der Waals surface area (Å²) in [5, 5.41) is 12.3. The average Bonchev–Trinajstić information content (AvgIpc) is 3.14. The topological polar surface area (TPSA) is 78.9 Å². The van der Waals surface area contributed by atoms with E-state index in [4.69, 9.17) is 11.0 Å². The molecule has 0 heterocycles. The number of primary amides is 1. The molecule has 1 atom stereocenters. The molecule has 3 N–H and O–H groups in total. The Morgan fingerprint density at radius 3 is 2.40 bits per heavy atom. The van der Waals surface area contributed by atoms with Crippen molar-refractivity contribution in [2.24, 2.45) is 11.7 Å². The van der Waals surface area contributed by atoms with Crippen molar-refractivity contribution >= 4 is 5.91 Å². The molecule has 4 heteroatoms. The number of nitrogens with two attached hydrogens (primary N) is 1. The minimum absolute atomic E-state index is 0.131. The molecule has 20 heavy (non-hydrogen) atoms. The normalized spacial score (nSPS) is 21.6. The summed E-state index contributed by atoms with van der Waals surface area (Å²) in [6.45, 7) is 0. The van der Waals surface area contributed by atoms with Crippen LogP contribution in [0.3, 0.4) is 0 Å². The molecule has 104 valence electrons. The number of nitrogens with one attached hydrogen (secondary N) is 1. The van der Waals surface area contributed by atoms with E-state index in [1.165, 1.54) is 19.3 Å². The van der Waals surface area contributed by atoms with Crippen molar-refractivity contribution in [1.82, 2.24) is 5.32 Å². The van der Waals surface area contributed by atoms with Crippen molar-refractivity contribution in [3.63, 3.8) is 0 Å². The van der Waals surface area contributed by atoms with Crippen LogP contribution in [-0.4, -0.2) is 11.4 Å². The highest BCUT2D eigenvalue weighted by Crippen LogP contribution is 2.51. The smallest absolute Gasteiger partial charge is 0.239 e. The lowest BCUT2D eigenvalue weighted by Crippen LogP contribution is -2.47. The molecule has 2 fully saturated rings. The first kappa shape index (κ1) is 13.1. The quantitative estimate of drug-likeness (QED) is 0.858. The SMILES string of the molecule is N#Cc1ccc(C(NC2(C3CCC3)CC2)C(N)=O)cc1. The molecule has 1 unspecified atom stereocenters. The Balaban J connectivity index is 1.78. The maximum absolute atomic E-state index is 11.8. The van der Waals surface area contributed by atoms with Crippen LogP contribution in [0.2, 0.25) is 0 Å². The lowest BCUT2D eigenvalue weighted by Gasteiger charge is -2.37. The lowest BCUT2D eigenvalue weighted by molar-refractivity contribution is -0.120. The van der Waals surface area contributed by atoms with Crippen molar-refractivity contribution in [2.75, 3.05) is 0 Å². The summed E-state index contributed by atoms with van der Waals surface area (Å²) >= 11 is 0. The third-order valence-electron chi connectivity index (χ3n) is 4.76. The van der Waals surface area contributed by atoms with Gasteiger partial charge in [0.15, 0.2) is 0 Å². The zero-order valence-electron chi connectivity index (χ0n) is 11.4. The van der Waals surface area contributed by atoms with E-state index in [0.29, 0.717) is 11.5 Å². The second kappa shape index (κ2) is 4.92. The molecule has 1 amide bonds. The summed E-state index contributed by atoms with van der Waals surface area (Å²) in [5.74, 6) is 0.350. The molecule has 0 spiro atoms. The molecular formula is C16H19N3O. The van der Waals surface area contributed by atoms with Crippen molar-refractivity contribution in [3.8, 4) is 6.07 Å². The first-order valence-electron chi connectivity index (χ1n) is 7.22. The Morgan fingerprint density at radius 2 is 2.00 bits per heavy atom. The van der Waals surface area contributed by atoms with Gasteiger partial charge in [0, 0.05) is 5.54 Å². The van der Waals surface area contributed by atoms with Gasteiger partial charge in [0.05, 0.1) is 11.6 Å². The van der Waals surface area contributed by atoms with Crippen molar-refractivity contribution in [3.05, 3.63) is 35.4 Å². The predicted molar refractivity (Wildman–Crippen MR) is 75.5 cm³/mol. The number of nitrogens with zero attached hydrogens (tertiary/aromatic N) is 1. The zero-order chi connectivity index (χ0) is 14.2. The summed E-state index contributed by atoms with van der Waals surface area (Å²) in [5.41, 5.74) is 7.14. The first-order valence-corrected chi connectivity index (χ1v) is 7.22. The molecule has 4 nitrogen and oxygen atoms in total. The van der Waals surface area contributed by atoms with Gasteiger partial charge < -0.3 is 5.73 Å². The van der Waals surface area contributed by atoms with Crippen LogP contribution in [0, 0.1) is 17.2 Å². The van der Waals surface area contributed by atoms with Crippen LogP contribution < -0.4 is 11.1 Å². The van der Waals surface area contributed by atoms with E-state index >= 15 is 0 Å². The zero-order valence-corrected chi connectivity index (χ0v) is 11.4. The number of amides is 1. The Kier molecular flexibility index (Phi) is 3.23. The molecule has 2 saturated carbocycles. The van der Waals surface area contributed by atoms with Crippen molar-refractivity contribution in [1.29, 1.82) is 5.26 Å². The number of benzene rings is 1. The minimum Gasteiger partial charge on any atom is -0.368 e. The Labute approximate surface area is 119 Å². The number of hydrogen-bond acceptors (Lipinski definition) is 3. The average molecular weight is 269 g/mol. The molecule has 2 aliphatic carbocycles. The predicted octanol–water partition coefficient (Wildman–Crippen LogP) is 2.01. The number of hydrogen-bond donors (Lipinski definition) is 2. The van der Waals surface area contributed by atoms with Gasteiger partial charge in [-0.05, 0) is 49.3 Å². The van der Waals surface area contributed by atoms with Gasteiger partial charge in [-0.2, -0.15) is 5.26 Å². The lowest BCUT2D eigenvalue weighted by atomic mass is 9.77. The number of rotatable bonds is 5. The van der Waals surface area contributed by atoms with Crippen LogP contribution in [0.25, 0.3) is 0 Å².